The van der Waals surface area contributed by atoms with E-state index < -0.39 is 18.8 Å². The number of halogens is 3. The normalized spacial score (nSPS) is 14.1. The van der Waals surface area contributed by atoms with Gasteiger partial charge in [-0.15, -0.1) is 11.7 Å². The maximum atomic E-state index is 13.0. The maximum absolute atomic E-state index is 13.0. The van der Waals surface area contributed by atoms with Crippen LogP contribution in [0.2, 0.25) is 0 Å². The second kappa shape index (κ2) is 13.7. The number of benzene rings is 1. The van der Waals surface area contributed by atoms with Crippen molar-refractivity contribution < 1.29 is 37.0 Å². The molecule has 0 spiro atoms. The van der Waals surface area contributed by atoms with Crippen molar-refractivity contribution in [1.29, 1.82) is 0 Å². The SMILES string of the molecule is C=CCCCOc1cc(C(=O)NCC)ccc1-n1cc(C(=O)N2CCN(CCOC(=O)C(F)(F)F)CC2)nn1. The molecule has 1 aromatic heterocycles. The first kappa shape index (κ1) is 29.6. The fourth-order valence-corrected chi connectivity index (χ4v) is 3.80. The number of piperazine rings is 1. The van der Waals surface area contributed by atoms with Crippen molar-refractivity contribution in [2.24, 2.45) is 0 Å². The first-order valence-corrected chi connectivity index (χ1v) is 12.5. The summed E-state index contributed by atoms with van der Waals surface area (Å²) in [4.78, 5) is 39.5. The van der Waals surface area contributed by atoms with Crippen molar-refractivity contribution in [3.05, 3.63) is 48.3 Å². The molecule has 2 aromatic rings. The Hall–Kier alpha value is -3.94. The number of amides is 2. The molecule has 1 aromatic carbocycles. The van der Waals surface area contributed by atoms with Crippen molar-refractivity contribution in [2.75, 3.05) is 52.5 Å². The van der Waals surface area contributed by atoms with E-state index in [0.29, 0.717) is 56.3 Å². The summed E-state index contributed by atoms with van der Waals surface area (Å²) >= 11 is 0. The Morgan fingerprint density at radius 2 is 1.90 bits per heavy atom. The van der Waals surface area contributed by atoms with Gasteiger partial charge in [0.1, 0.15) is 18.0 Å². The standard InChI is InChI=1S/C25H31F3N6O5/c1-3-5-6-14-38-21-16-18(22(35)29-4-2)7-8-20(21)34-17-19(30-31-34)23(36)33-11-9-32(10-12-33)13-15-39-24(37)25(26,27)28/h3,7-8,16-17H,1,4-6,9-15H2,2H3,(H,29,35). The number of hydrogen-bond donors (Lipinski definition) is 1. The van der Waals surface area contributed by atoms with Gasteiger partial charge in [-0.3, -0.25) is 14.5 Å². The van der Waals surface area contributed by atoms with E-state index in [2.05, 4.69) is 26.9 Å². The summed E-state index contributed by atoms with van der Waals surface area (Å²) in [6, 6.07) is 4.91. The second-order valence-electron chi connectivity index (χ2n) is 8.64. The summed E-state index contributed by atoms with van der Waals surface area (Å²) < 4.78 is 48.3. The minimum Gasteiger partial charge on any atom is -0.491 e. The van der Waals surface area contributed by atoms with Gasteiger partial charge < -0.3 is 19.7 Å². The average molecular weight is 553 g/mol. The van der Waals surface area contributed by atoms with Gasteiger partial charge in [0.05, 0.1) is 12.8 Å². The van der Waals surface area contributed by atoms with Crippen LogP contribution in [0, 0.1) is 0 Å². The van der Waals surface area contributed by atoms with Crippen LogP contribution in [0.1, 0.15) is 40.6 Å². The molecule has 3 rings (SSSR count). The Morgan fingerprint density at radius 1 is 1.15 bits per heavy atom. The van der Waals surface area contributed by atoms with E-state index in [4.69, 9.17) is 4.74 Å². The minimum absolute atomic E-state index is 0.105. The van der Waals surface area contributed by atoms with E-state index >= 15 is 0 Å². The largest absolute Gasteiger partial charge is 0.491 e. The first-order valence-electron chi connectivity index (χ1n) is 12.5. The van der Waals surface area contributed by atoms with Crippen molar-refractivity contribution in [1.82, 2.24) is 30.1 Å². The van der Waals surface area contributed by atoms with Gasteiger partial charge >= 0.3 is 12.1 Å². The summed E-state index contributed by atoms with van der Waals surface area (Å²) in [5, 5.41) is 10.8. The molecule has 2 heterocycles. The van der Waals surface area contributed by atoms with Crippen molar-refractivity contribution >= 4 is 17.8 Å². The second-order valence-corrected chi connectivity index (χ2v) is 8.64. The average Bonchev–Trinajstić information content (AvgIpc) is 3.40. The molecule has 0 unspecified atom stereocenters. The molecule has 0 bridgehead atoms. The van der Waals surface area contributed by atoms with Gasteiger partial charge in [0.25, 0.3) is 11.8 Å². The zero-order valence-corrected chi connectivity index (χ0v) is 21.6. The summed E-state index contributed by atoms with van der Waals surface area (Å²) in [6.45, 7) is 7.54. The topological polar surface area (TPSA) is 119 Å². The van der Waals surface area contributed by atoms with Crippen LogP contribution >= 0.6 is 0 Å². The van der Waals surface area contributed by atoms with E-state index in [0.717, 1.165) is 12.8 Å². The monoisotopic (exact) mass is 552 g/mol. The number of carbonyl (C=O) groups excluding carboxylic acids is 3. The quantitative estimate of drug-likeness (QED) is 0.242. The number of hydrogen-bond acceptors (Lipinski definition) is 8. The van der Waals surface area contributed by atoms with Crippen LogP contribution in [0.25, 0.3) is 5.69 Å². The van der Waals surface area contributed by atoms with E-state index in [1.807, 2.05) is 6.92 Å². The van der Waals surface area contributed by atoms with Gasteiger partial charge in [0, 0.05) is 44.8 Å². The Labute approximate surface area is 223 Å². The molecule has 2 amide bonds. The molecule has 212 valence electrons. The number of aromatic nitrogens is 3. The Kier molecular flexibility index (Phi) is 10.4. The highest BCUT2D eigenvalue weighted by molar-refractivity contribution is 5.95. The Bertz CT molecular complexity index is 1160. The predicted octanol–water partition coefficient (Wildman–Crippen LogP) is 2.23. The summed E-state index contributed by atoms with van der Waals surface area (Å²) in [5.41, 5.74) is 1.03. The van der Waals surface area contributed by atoms with E-state index in [9.17, 15) is 27.6 Å². The van der Waals surface area contributed by atoms with Crippen molar-refractivity contribution in [3.8, 4) is 11.4 Å². The van der Waals surface area contributed by atoms with Gasteiger partial charge in [0.2, 0.25) is 0 Å². The number of rotatable bonds is 12. The van der Waals surface area contributed by atoms with Crippen LogP contribution in [0.15, 0.2) is 37.1 Å². The summed E-state index contributed by atoms with van der Waals surface area (Å²) in [5.74, 6) is -2.40. The predicted molar refractivity (Wildman–Crippen MR) is 134 cm³/mol. The molecule has 1 aliphatic heterocycles. The van der Waals surface area contributed by atoms with Gasteiger partial charge in [-0.1, -0.05) is 11.3 Å². The van der Waals surface area contributed by atoms with Crippen LogP contribution in [0.5, 0.6) is 5.75 Å². The highest BCUT2D eigenvalue weighted by atomic mass is 19.4. The maximum Gasteiger partial charge on any atom is 0.490 e. The van der Waals surface area contributed by atoms with E-state index in [1.54, 1.807) is 34.1 Å². The fraction of sp³-hybridized carbons (Fsp3) is 0.480. The highest BCUT2D eigenvalue weighted by Gasteiger charge is 2.40. The number of unbranched alkanes of at least 4 members (excludes halogenated alkanes) is 1. The molecular formula is C25H31F3N6O5. The van der Waals surface area contributed by atoms with Crippen LogP contribution in [-0.2, 0) is 9.53 Å². The van der Waals surface area contributed by atoms with Gasteiger partial charge in [-0.05, 0) is 38.0 Å². The number of esters is 1. The lowest BCUT2D eigenvalue weighted by Gasteiger charge is -2.34. The molecule has 1 saturated heterocycles. The summed E-state index contributed by atoms with van der Waals surface area (Å²) in [7, 11) is 0. The van der Waals surface area contributed by atoms with E-state index in [1.165, 1.54) is 10.9 Å². The number of allylic oxidation sites excluding steroid dienone is 1. The molecule has 1 aliphatic rings. The number of ether oxygens (including phenoxy) is 2. The lowest BCUT2D eigenvalue weighted by Crippen LogP contribution is -2.49. The first-order chi connectivity index (χ1) is 18.6. The van der Waals surface area contributed by atoms with Crippen LogP contribution < -0.4 is 10.1 Å². The molecule has 0 saturated carbocycles. The Morgan fingerprint density at radius 3 is 2.56 bits per heavy atom. The number of carbonyl (C=O) groups is 3. The van der Waals surface area contributed by atoms with Crippen LogP contribution in [0.4, 0.5) is 13.2 Å². The third-order valence-electron chi connectivity index (χ3n) is 5.86. The highest BCUT2D eigenvalue weighted by Crippen LogP contribution is 2.25. The van der Waals surface area contributed by atoms with Crippen molar-refractivity contribution in [3.63, 3.8) is 0 Å². The van der Waals surface area contributed by atoms with Crippen molar-refractivity contribution in [2.45, 2.75) is 25.9 Å². The smallest absolute Gasteiger partial charge is 0.490 e. The van der Waals surface area contributed by atoms with Gasteiger partial charge in [0.15, 0.2) is 5.69 Å². The van der Waals surface area contributed by atoms with Gasteiger partial charge in [-0.25, -0.2) is 9.48 Å². The zero-order valence-electron chi connectivity index (χ0n) is 21.6. The third-order valence-corrected chi connectivity index (χ3v) is 5.86. The van der Waals surface area contributed by atoms with E-state index in [-0.39, 0.29) is 24.1 Å². The lowest BCUT2D eigenvalue weighted by molar-refractivity contribution is -0.200. The number of nitrogens with one attached hydrogen (secondary N) is 1. The molecule has 0 atom stereocenters. The fourth-order valence-electron chi connectivity index (χ4n) is 3.80. The van der Waals surface area contributed by atoms with Crippen LogP contribution in [0.3, 0.4) is 0 Å². The molecule has 1 fully saturated rings. The zero-order chi connectivity index (χ0) is 28.4. The molecule has 0 radical (unpaired) electrons. The lowest BCUT2D eigenvalue weighted by atomic mass is 10.1. The molecule has 11 nitrogen and oxygen atoms in total. The molecular weight excluding hydrogens is 521 g/mol. The number of nitrogens with zero attached hydrogens (tertiary/aromatic N) is 5. The number of alkyl halides is 3. The Balaban J connectivity index is 1.63. The van der Waals surface area contributed by atoms with Crippen LogP contribution in [-0.4, -0.2) is 101 Å². The minimum atomic E-state index is -5.02. The van der Waals surface area contributed by atoms with Gasteiger partial charge in [-0.2, -0.15) is 13.2 Å². The molecule has 39 heavy (non-hydrogen) atoms. The molecule has 0 aliphatic carbocycles. The molecule has 14 heteroatoms. The summed E-state index contributed by atoms with van der Waals surface area (Å²) in [6.07, 6.45) is -0.270. The molecule has 1 N–H and O–H groups in total. The third kappa shape index (κ3) is 8.27.